The van der Waals surface area contributed by atoms with Gasteiger partial charge in [0.1, 0.15) is 17.5 Å². The minimum atomic E-state index is -0.330. The maximum atomic E-state index is 12.8. The molecule has 0 atom stereocenters. The molecule has 9 heteroatoms. The summed E-state index contributed by atoms with van der Waals surface area (Å²) in [7, 11) is 1.61. The molecule has 3 aromatic heterocycles. The average molecular weight is 401 g/mol. The van der Waals surface area contributed by atoms with Crippen molar-refractivity contribution < 1.29 is 13.9 Å². The molecule has 0 radical (unpaired) electrons. The Labute approximate surface area is 168 Å². The summed E-state index contributed by atoms with van der Waals surface area (Å²) in [6.45, 7) is 7.80. The molecule has 156 valence electrons. The number of carbonyl (C=O) groups excluding carboxylic acids is 1. The molecule has 0 aliphatic rings. The van der Waals surface area contributed by atoms with Crippen LogP contribution in [0.1, 0.15) is 40.3 Å². The van der Waals surface area contributed by atoms with E-state index in [4.69, 9.17) is 9.15 Å². The van der Waals surface area contributed by atoms with Crippen LogP contribution in [-0.4, -0.2) is 45.5 Å². The molecular formula is C20H27N5O4. The maximum absolute atomic E-state index is 12.8. The highest BCUT2D eigenvalue weighted by molar-refractivity contribution is 6.06. The number of carbonyl (C=O) groups is 1. The standard InChI is InChI=1S/C20H27N5O4/c1-13-11-14(2)25(23-13)9-5-7-21-18(26)16-15(3)29-19-17(16)20(27)24(12-22-19)8-6-10-28-4/h11-12H,5-10H2,1-4H3,(H,21,26). The van der Waals surface area contributed by atoms with Gasteiger partial charge in [0.05, 0.1) is 11.3 Å². The van der Waals surface area contributed by atoms with Gasteiger partial charge in [0.25, 0.3) is 11.5 Å². The van der Waals surface area contributed by atoms with Gasteiger partial charge >= 0.3 is 0 Å². The SMILES string of the molecule is COCCCn1cnc2oc(C)c(C(=O)NCCCn3nc(C)cc3C)c2c1=O. The van der Waals surface area contributed by atoms with Crippen LogP contribution in [-0.2, 0) is 17.8 Å². The van der Waals surface area contributed by atoms with Gasteiger partial charge < -0.3 is 14.5 Å². The summed E-state index contributed by atoms with van der Waals surface area (Å²) < 4.78 is 14.0. The number of rotatable bonds is 9. The fraction of sp³-hybridized carbons (Fsp3) is 0.500. The van der Waals surface area contributed by atoms with Gasteiger partial charge in [-0.3, -0.25) is 18.8 Å². The van der Waals surface area contributed by atoms with Gasteiger partial charge in [-0.15, -0.1) is 0 Å². The minimum Gasteiger partial charge on any atom is -0.442 e. The average Bonchev–Trinajstić information content (AvgIpc) is 3.19. The van der Waals surface area contributed by atoms with Crippen molar-refractivity contribution in [3.8, 4) is 0 Å². The number of amides is 1. The Morgan fingerprint density at radius 2 is 2.03 bits per heavy atom. The van der Waals surface area contributed by atoms with Crippen LogP contribution < -0.4 is 10.9 Å². The molecule has 0 aromatic carbocycles. The van der Waals surface area contributed by atoms with E-state index in [9.17, 15) is 9.59 Å². The molecule has 0 saturated carbocycles. The number of nitrogens with one attached hydrogen (secondary N) is 1. The molecule has 0 fully saturated rings. The van der Waals surface area contributed by atoms with E-state index in [0.29, 0.717) is 38.4 Å². The molecule has 1 N–H and O–H groups in total. The zero-order chi connectivity index (χ0) is 21.0. The first kappa shape index (κ1) is 20.8. The number of hydrogen-bond acceptors (Lipinski definition) is 6. The Balaban J connectivity index is 1.71. The number of nitrogens with zero attached hydrogens (tertiary/aromatic N) is 4. The van der Waals surface area contributed by atoms with Crippen molar-refractivity contribution in [2.45, 2.75) is 46.7 Å². The lowest BCUT2D eigenvalue weighted by atomic mass is 10.1. The number of fused-ring (bicyclic) bond motifs is 1. The second kappa shape index (κ2) is 9.04. The number of aromatic nitrogens is 4. The quantitative estimate of drug-likeness (QED) is 0.550. The van der Waals surface area contributed by atoms with Crippen molar-refractivity contribution in [2.75, 3.05) is 20.3 Å². The van der Waals surface area contributed by atoms with Crippen LogP contribution in [0.2, 0.25) is 0 Å². The third kappa shape index (κ3) is 4.56. The van der Waals surface area contributed by atoms with Crippen LogP contribution in [0, 0.1) is 20.8 Å². The summed E-state index contributed by atoms with van der Waals surface area (Å²) >= 11 is 0. The van der Waals surface area contributed by atoms with Gasteiger partial charge in [-0.25, -0.2) is 4.98 Å². The van der Waals surface area contributed by atoms with Crippen LogP contribution in [0.4, 0.5) is 0 Å². The van der Waals surface area contributed by atoms with Crippen molar-refractivity contribution in [3.05, 3.63) is 45.5 Å². The van der Waals surface area contributed by atoms with E-state index in [1.165, 1.54) is 10.9 Å². The molecular weight excluding hydrogens is 374 g/mol. The molecule has 3 heterocycles. The fourth-order valence-electron chi connectivity index (χ4n) is 3.37. The summed E-state index contributed by atoms with van der Waals surface area (Å²) in [5.41, 5.74) is 2.22. The highest BCUT2D eigenvalue weighted by atomic mass is 16.5. The van der Waals surface area contributed by atoms with Crippen molar-refractivity contribution in [3.63, 3.8) is 0 Å². The van der Waals surface area contributed by atoms with E-state index < -0.39 is 0 Å². The Hall–Kier alpha value is -2.94. The van der Waals surface area contributed by atoms with Crippen molar-refractivity contribution in [1.82, 2.24) is 24.6 Å². The Morgan fingerprint density at radius 3 is 2.72 bits per heavy atom. The largest absolute Gasteiger partial charge is 0.442 e. The summed E-state index contributed by atoms with van der Waals surface area (Å²) in [6, 6.07) is 2.02. The first-order valence-electron chi connectivity index (χ1n) is 9.69. The van der Waals surface area contributed by atoms with E-state index >= 15 is 0 Å². The summed E-state index contributed by atoms with van der Waals surface area (Å²) in [4.78, 5) is 29.8. The van der Waals surface area contributed by atoms with Crippen LogP contribution in [0.25, 0.3) is 11.1 Å². The van der Waals surface area contributed by atoms with E-state index in [2.05, 4.69) is 15.4 Å². The number of furan rings is 1. The molecule has 0 bridgehead atoms. The molecule has 29 heavy (non-hydrogen) atoms. The molecule has 0 aliphatic carbocycles. The number of ether oxygens (including phenoxy) is 1. The van der Waals surface area contributed by atoms with Crippen LogP contribution in [0.5, 0.6) is 0 Å². The highest BCUT2D eigenvalue weighted by Crippen LogP contribution is 2.20. The van der Waals surface area contributed by atoms with E-state index in [-0.39, 0.29) is 28.1 Å². The molecule has 3 aromatic rings. The number of aryl methyl sites for hydroxylation is 5. The lowest BCUT2D eigenvalue weighted by Crippen LogP contribution is -2.28. The zero-order valence-corrected chi connectivity index (χ0v) is 17.3. The molecule has 1 amide bonds. The Bertz CT molecular complexity index is 1060. The van der Waals surface area contributed by atoms with Crippen molar-refractivity contribution in [2.24, 2.45) is 0 Å². The van der Waals surface area contributed by atoms with Gasteiger partial charge in [-0.2, -0.15) is 5.10 Å². The fourth-order valence-corrected chi connectivity index (χ4v) is 3.37. The normalized spacial score (nSPS) is 11.3. The lowest BCUT2D eigenvalue weighted by Gasteiger charge is -2.07. The monoisotopic (exact) mass is 401 g/mol. The minimum absolute atomic E-state index is 0.184. The van der Waals surface area contributed by atoms with Gasteiger partial charge in [0, 0.05) is 39.0 Å². The molecule has 0 saturated heterocycles. The predicted octanol–water partition coefficient (Wildman–Crippen LogP) is 1.97. The van der Waals surface area contributed by atoms with Crippen LogP contribution in [0.3, 0.4) is 0 Å². The van der Waals surface area contributed by atoms with E-state index in [1.807, 2.05) is 24.6 Å². The van der Waals surface area contributed by atoms with Crippen LogP contribution >= 0.6 is 0 Å². The maximum Gasteiger partial charge on any atom is 0.265 e. The van der Waals surface area contributed by atoms with Crippen LogP contribution in [0.15, 0.2) is 21.6 Å². The Kier molecular flexibility index (Phi) is 6.48. The number of hydrogen-bond donors (Lipinski definition) is 1. The van der Waals surface area contributed by atoms with Gasteiger partial charge in [0.15, 0.2) is 0 Å². The second-order valence-corrected chi connectivity index (χ2v) is 7.06. The topological polar surface area (TPSA) is 104 Å². The van der Waals surface area contributed by atoms with Gasteiger partial charge in [-0.05, 0) is 39.7 Å². The third-order valence-electron chi connectivity index (χ3n) is 4.76. The predicted molar refractivity (Wildman–Crippen MR) is 108 cm³/mol. The van der Waals surface area contributed by atoms with Crippen molar-refractivity contribution in [1.29, 1.82) is 0 Å². The zero-order valence-electron chi connectivity index (χ0n) is 17.3. The molecule has 0 unspecified atom stereocenters. The van der Waals surface area contributed by atoms with E-state index in [1.54, 1.807) is 14.0 Å². The van der Waals surface area contributed by atoms with E-state index in [0.717, 1.165) is 17.8 Å². The number of methoxy groups -OCH3 is 1. The van der Waals surface area contributed by atoms with Gasteiger partial charge in [-0.1, -0.05) is 0 Å². The molecule has 9 nitrogen and oxygen atoms in total. The first-order chi connectivity index (χ1) is 13.9. The summed E-state index contributed by atoms with van der Waals surface area (Å²) in [5, 5.41) is 7.51. The highest BCUT2D eigenvalue weighted by Gasteiger charge is 2.22. The Morgan fingerprint density at radius 1 is 1.24 bits per heavy atom. The smallest absolute Gasteiger partial charge is 0.265 e. The summed E-state index contributed by atoms with van der Waals surface area (Å²) in [6.07, 6.45) is 2.84. The first-order valence-corrected chi connectivity index (χ1v) is 9.69. The molecule has 0 aliphatic heterocycles. The van der Waals surface area contributed by atoms with Crippen molar-refractivity contribution >= 4 is 17.0 Å². The lowest BCUT2D eigenvalue weighted by molar-refractivity contribution is 0.0952. The molecule has 3 rings (SSSR count). The van der Waals surface area contributed by atoms with Gasteiger partial charge in [0.2, 0.25) is 5.71 Å². The second-order valence-electron chi connectivity index (χ2n) is 7.06. The summed E-state index contributed by atoms with van der Waals surface area (Å²) in [5.74, 6) is 0.0541. The molecule has 0 spiro atoms. The third-order valence-corrected chi connectivity index (χ3v) is 4.76.